The lowest BCUT2D eigenvalue weighted by molar-refractivity contribution is 0.527. The van der Waals surface area contributed by atoms with Crippen molar-refractivity contribution in [1.82, 2.24) is 14.5 Å². The maximum absolute atomic E-state index is 14.9. The highest BCUT2D eigenvalue weighted by atomic mass is 35.5. The topological polar surface area (TPSA) is 68.1 Å². The third-order valence-electron chi connectivity index (χ3n) is 6.74. The summed E-state index contributed by atoms with van der Waals surface area (Å²) >= 11 is 6.07. The Morgan fingerprint density at radius 3 is 2.87 bits per heavy atom. The van der Waals surface area contributed by atoms with E-state index in [9.17, 15) is 12.8 Å². The number of rotatable bonds is 3. The molecule has 156 valence electrons. The van der Waals surface area contributed by atoms with Gasteiger partial charge >= 0.3 is 0 Å². The molecule has 2 aliphatic heterocycles. The van der Waals surface area contributed by atoms with Gasteiger partial charge in [0.1, 0.15) is 11.3 Å². The minimum absolute atomic E-state index is 0.00953. The second-order valence-corrected chi connectivity index (χ2v) is 11.4. The van der Waals surface area contributed by atoms with E-state index in [1.165, 1.54) is 11.6 Å². The summed E-state index contributed by atoms with van der Waals surface area (Å²) in [5, 5.41) is 0.280. The van der Waals surface area contributed by atoms with Gasteiger partial charge in [0.25, 0.3) is 0 Å². The third-order valence-corrected chi connectivity index (χ3v) is 8.71. The monoisotopic (exact) mass is 446 g/mol. The van der Waals surface area contributed by atoms with Gasteiger partial charge in [-0.3, -0.25) is 4.98 Å². The number of sulfone groups is 1. The number of halogens is 2. The number of nitrogens with zero attached hydrogens (tertiary/aromatic N) is 4. The van der Waals surface area contributed by atoms with Gasteiger partial charge in [-0.2, -0.15) is 0 Å². The highest BCUT2D eigenvalue weighted by Crippen LogP contribution is 2.56. The van der Waals surface area contributed by atoms with Gasteiger partial charge in [0.15, 0.2) is 15.7 Å². The summed E-state index contributed by atoms with van der Waals surface area (Å²) < 4.78 is 41.1. The fourth-order valence-electron chi connectivity index (χ4n) is 5.19. The summed E-state index contributed by atoms with van der Waals surface area (Å²) in [5.41, 5.74) is 3.40. The molecule has 0 bridgehead atoms. The molecule has 1 spiro atoms. The number of aromatic nitrogens is 3. The second-order valence-electron chi connectivity index (χ2n) is 8.74. The smallest absolute Gasteiger partial charge is 0.152 e. The predicted octanol–water partition coefficient (Wildman–Crippen LogP) is 3.64. The van der Waals surface area contributed by atoms with E-state index in [1.807, 2.05) is 12.4 Å². The minimum atomic E-state index is -3.13. The van der Waals surface area contributed by atoms with Crippen molar-refractivity contribution in [3.8, 4) is 0 Å². The van der Waals surface area contributed by atoms with Crippen molar-refractivity contribution >= 4 is 38.2 Å². The van der Waals surface area contributed by atoms with Crippen molar-refractivity contribution in [3.63, 3.8) is 0 Å². The normalized spacial score (nSPS) is 23.4. The first kappa shape index (κ1) is 18.6. The molecule has 1 aliphatic carbocycles. The lowest BCUT2D eigenvalue weighted by Crippen LogP contribution is -2.27. The molecule has 6 nitrogen and oxygen atoms in total. The molecule has 1 saturated carbocycles. The summed E-state index contributed by atoms with van der Waals surface area (Å²) in [6, 6.07) is 4.68. The fourth-order valence-corrected chi connectivity index (χ4v) is 7.09. The zero-order valence-corrected chi connectivity index (χ0v) is 17.8. The Morgan fingerprint density at radius 1 is 1.30 bits per heavy atom. The largest absolute Gasteiger partial charge is 0.362 e. The number of hydrogen-bond acceptors (Lipinski definition) is 5. The Labute approximate surface area is 178 Å². The van der Waals surface area contributed by atoms with Crippen LogP contribution in [0.5, 0.6) is 0 Å². The fraction of sp³-hybridized carbons (Fsp3) is 0.429. The Hall–Kier alpha value is -2.19. The quantitative estimate of drug-likeness (QED) is 0.614. The van der Waals surface area contributed by atoms with Crippen molar-refractivity contribution in [2.24, 2.45) is 0 Å². The highest BCUT2D eigenvalue weighted by Gasteiger charge is 2.51. The molecule has 0 N–H and O–H groups in total. The molecule has 1 atom stereocenters. The second kappa shape index (κ2) is 6.17. The van der Waals surface area contributed by atoms with E-state index in [0.717, 1.165) is 25.1 Å². The van der Waals surface area contributed by atoms with E-state index in [2.05, 4.69) is 16.0 Å². The molecule has 3 aromatic rings. The standard InChI is InChI=1S/C21H20ClFN4O2S/c22-13-7-16(23)20-17(8-13)25-19(27(20)14-2-6-30(28,29)11-14)10-26-12-21(3-4-21)15-1-5-24-9-18(15)26/h1,5,7-9,14H,2-4,6,10-12H2/t14-/m1/s1. The lowest BCUT2D eigenvalue weighted by atomic mass is 10.0. The van der Waals surface area contributed by atoms with Crippen molar-refractivity contribution in [1.29, 1.82) is 0 Å². The SMILES string of the molecule is O=S1(=O)CC[C@@H](n2c(CN3CC4(CC4)c4ccncc43)nc3cc(Cl)cc(F)c32)C1. The van der Waals surface area contributed by atoms with Crippen LogP contribution in [-0.4, -0.2) is 41.0 Å². The number of benzene rings is 1. The number of fused-ring (bicyclic) bond motifs is 3. The van der Waals surface area contributed by atoms with E-state index in [-0.39, 0.29) is 28.0 Å². The third kappa shape index (κ3) is 2.76. The highest BCUT2D eigenvalue weighted by molar-refractivity contribution is 7.91. The van der Waals surface area contributed by atoms with Gasteiger partial charge in [0.05, 0.1) is 41.5 Å². The minimum Gasteiger partial charge on any atom is -0.362 e. The van der Waals surface area contributed by atoms with Crippen LogP contribution in [0.15, 0.2) is 30.6 Å². The molecule has 1 aromatic carbocycles. The first-order valence-electron chi connectivity index (χ1n) is 10.1. The van der Waals surface area contributed by atoms with Crippen LogP contribution >= 0.6 is 11.6 Å². The van der Waals surface area contributed by atoms with E-state index in [4.69, 9.17) is 16.6 Å². The van der Waals surface area contributed by atoms with E-state index >= 15 is 0 Å². The molecule has 6 rings (SSSR count). The summed E-state index contributed by atoms with van der Waals surface area (Å²) in [4.78, 5) is 11.3. The maximum Gasteiger partial charge on any atom is 0.152 e. The molecule has 0 radical (unpaired) electrons. The zero-order valence-electron chi connectivity index (χ0n) is 16.2. The van der Waals surface area contributed by atoms with Gasteiger partial charge in [-0.05, 0) is 43.0 Å². The van der Waals surface area contributed by atoms with Gasteiger partial charge < -0.3 is 9.47 Å². The predicted molar refractivity (Wildman–Crippen MR) is 113 cm³/mol. The van der Waals surface area contributed by atoms with Crippen LogP contribution in [-0.2, 0) is 21.8 Å². The molecule has 30 heavy (non-hydrogen) atoms. The molecule has 3 aliphatic rings. The molecule has 0 amide bonds. The molecule has 0 unspecified atom stereocenters. The van der Waals surface area contributed by atoms with Gasteiger partial charge in [-0.1, -0.05) is 11.6 Å². The molecule has 4 heterocycles. The number of hydrogen-bond donors (Lipinski definition) is 0. The summed E-state index contributed by atoms with van der Waals surface area (Å²) in [6.07, 6.45) is 6.49. The summed E-state index contributed by atoms with van der Waals surface area (Å²) in [6.45, 7) is 1.35. The molecular weight excluding hydrogens is 427 g/mol. The van der Waals surface area contributed by atoms with Crippen LogP contribution in [0.4, 0.5) is 10.1 Å². The van der Waals surface area contributed by atoms with Crippen LogP contribution in [0.1, 0.15) is 36.7 Å². The molecular formula is C21H20ClFN4O2S. The lowest BCUT2D eigenvalue weighted by Gasteiger charge is -2.22. The van der Waals surface area contributed by atoms with Crippen molar-refractivity contribution < 1.29 is 12.8 Å². The first-order valence-corrected chi connectivity index (χ1v) is 12.3. The number of imidazole rings is 1. The molecule has 2 fully saturated rings. The van der Waals surface area contributed by atoms with E-state index in [0.29, 0.717) is 29.8 Å². The molecule has 2 aromatic heterocycles. The van der Waals surface area contributed by atoms with Crippen molar-refractivity contribution in [3.05, 3.63) is 52.8 Å². The summed E-state index contributed by atoms with van der Waals surface area (Å²) in [7, 11) is -3.13. The molecule has 9 heteroatoms. The number of anilines is 1. The van der Waals surface area contributed by atoms with Crippen LogP contribution in [0, 0.1) is 5.82 Å². The zero-order chi connectivity index (χ0) is 20.7. The van der Waals surface area contributed by atoms with E-state index in [1.54, 1.807) is 10.6 Å². The first-order chi connectivity index (χ1) is 14.4. The van der Waals surface area contributed by atoms with Gasteiger partial charge in [0.2, 0.25) is 0 Å². The Balaban J connectivity index is 1.47. The van der Waals surface area contributed by atoms with Crippen LogP contribution < -0.4 is 4.90 Å². The van der Waals surface area contributed by atoms with Crippen LogP contribution in [0.25, 0.3) is 11.0 Å². The van der Waals surface area contributed by atoms with Gasteiger partial charge in [-0.15, -0.1) is 0 Å². The number of pyridine rings is 1. The Bertz CT molecular complexity index is 1300. The van der Waals surface area contributed by atoms with Crippen molar-refractivity contribution in [2.45, 2.75) is 37.3 Å². The van der Waals surface area contributed by atoms with Crippen LogP contribution in [0.2, 0.25) is 5.02 Å². The summed E-state index contributed by atoms with van der Waals surface area (Å²) in [5.74, 6) is 0.324. The average molecular weight is 447 g/mol. The van der Waals surface area contributed by atoms with E-state index < -0.39 is 15.7 Å². The van der Waals surface area contributed by atoms with Crippen molar-refractivity contribution in [2.75, 3.05) is 23.0 Å². The van der Waals surface area contributed by atoms with Crippen LogP contribution in [0.3, 0.4) is 0 Å². The van der Waals surface area contributed by atoms with Gasteiger partial charge in [-0.25, -0.2) is 17.8 Å². The Kier molecular flexibility index (Phi) is 3.82. The van der Waals surface area contributed by atoms with Gasteiger partial charge in [0, 0.05) is 23.2 Å². The Morgan fingerprint density at radius 2 is 2.13 bits per heavy atom. The average Bonchev–Trinajstić information content (AvgIpc) is 3.10. The molecule has 1 saturated heterocycles. The maximum atomic E-state index is 14.9.